The molecule has 4 heteroatoms. The Hall–Kier alpha value is -2.15. The largest absolute Gasteiger partial charge is 0.465 e. The first-order valence-corrected chi connectivity index (χ1v) is 7.23. The first kappa shape index (κ1) is 16.9. The third-order valence-electron chi connectivity index (χ3n) is 2.97. The van der Waals surface area contributed by atoms with Crippen LogP contribution in [-0.2, 0) is 9.53 Å². The van der Waals surface area contributed by atoms with E-state index in [0.717, 1.165) is 12.0 Å². The zero-order chi connectivity index (χ0) is 15.7. The molecule has 0 aliphatic carbocycles. The maximum Gasteiger partial charge on any atom is 0.328 e. The highest BCUT2D eigenvalue weighted by atomic mass is 16.5. The van der Waals surface area contributed by atoms with Gasteiger partial charge in [-0.3, -0.25) is 9.79 Å². The van der Waals surface area contributed by atoms with E-state index in [1.165, 1.54) is 6.21 Å². The van der Waals surface area contributed by atoms with Gasteiger partial charge in [0.15, 0.2) is 5.92 Å². The molecular weight excluding hydrogens is 264 g/mol. The second-order valence-electron chi connectivity index (χ2n) is 5.21. The number of hydrogen-bond acceptors (Lipinski definition) is 4. The van der Waals surface area contributed by atoms with E-state index in [4.69, 9.17) is 10.00 Å². The topological polar surface area (TPSA) is 62.5 Å². The van der Waals surface area contributed by atoms with E-state index < -0.39 is 11.9 Å². The molecule has 1 aromatic rings. The molecule has 4 nitrogen and oxygen atoms in total. The van der Waals surface area contributed by atoms with Gasteiger partial charge in [-0.25, -0.2) is 0 Å². The number of rotatable bonds is 7. The van der Waals surface area contributed by atoms with Crippen molar-refractivity contribution in [3.8, 4) is 6.07 Å². The van der Waals surface area contributed by atoms with E-state index in [9.17, 15) is 4.79 Å². The van der Waals surface area contributed by atoms with Crippen LogP contribution < -0.4 is 0 Å². The van der Waals surface area contributed by atoms with Crippen molar-refractivity contribution < 1.29 is 9.53 Å². The van der Waals surface area contributed by atoms with Crippen LogP contribution in [0.1, 0.15) is 38.8 Å². The molecule has 1 rings (SSSR count). The minimum absolute atomic E-state index is 0.0449. The Balaban J connectivity index is 2.88. The fraction of sp³-hybridized carbons (Fsp3) is 0.471. The highest BCUT2D eigenvalue weighted by molar-refractivity contribution is 5.92. The fourth-order valence-electron chi connectivity index (χ4n) is 1.97. The lowest BCUT2D eigenvalue weighted by Crippen LogP contribution is -2.18. The van der Waals surface area contributed by atoms with Gasteiger partial charge in [0.05, 0.1) is 18.7 Å². The molecule has 0 heterocycles. The van der Waals surface area contributed by atoms with Gasteiger partial charge >= 0.3 is 5.97 Å². The van der Waals surface area contributed by atoms with E-state index in [1.54, 1.807) is 6.92 Å². The third kappa shape index (κ3) is 5.78. The summed E-state index contributed by atoms with van der Waals surface area (Å²) >= 11 is 0. The van der Waals surface area contributed by atoms with Gasteiger partial charge in [0, 0.05) is 6.21 Å². The van der Waals surface area contributed by atoms with Crippen LogP contribution in [0.2, 0.25) is 0 Å². The molecule has 1 aromatic carbocycles. The molecule has 0 fully saturated rings. The van der Waals surface area contributed by atoms with E-state index in [0.29, 0.717) is 5.92 Å². The normalized spacial score (nSPS) is 13.9. The van der Waals surface area contributed by atoms with Crippen LogP contribution in [0.25, 0.3) is 0 Å². The first-order chi connectivity index (χ1) is 10.1. The van der Waals surface area contributed by atoms with Gasteiger partial charge in [-0.15, -0.1) is 0 Å². The minimum atomic E-state index is -0.941. The Morgan fingerprint density at radius 1 is 1.38 bits per heavy atom. The summed E-state index contributed by atoms with van der Waals surface area (Å²) in [6.45, 7) is 6.23. The van der Waals surface area contributed by atoms with Gasteiger partial charge in [-0.1, -0.05) is 44.2 Å². The van der Waals surface area contributed by atoms with Crippen LogP contribution in [0, 0.1) is 23.2 Å². The molecular formula is C17H22N2O2. The fourth-order valence-corrected chi connectivity index (χ4v) is 1.97. The van der Waals surface area contributed by atoms with Gasteiger partial charge in [-0.2, -0.15) is 5.26 Å². The summed E-state index contributed by atoms with van der Waals surface area (Å²) in [5.41, 5.74) is 1.09. The lowest BCUT2D eigenvalue weighted by Gasteiger charge is -2.15. The SMILES string of the molecule is CCOC(=O)[C@H](C#N)C=N[C@H](CC(C)C)c1ccccc1. The van der Waals surface area contributed by atoms with E-state index >= 15 is 0 Å². The van der Waals surface area contributed by atoms with Gasteiger partial charge in [0.2, 0.25) is 0 Å². The minimum Gasteiger partial charge on any atom is -0.465 e. The standard InChI is InChI=1S/C17H22N2O2/c1-4-21-17(20)15(11-18)12-19-16(10-13(2)3)14-8-6-5-7-9-14/h5-9,12-13,15-16H,4,10H2,1-3H3/t15-,16-/m1/s1. The maximum atomic E-state index is 11.6. The number of esters is 1. The molecule has 0 amide bonds. The molecule has 21 heavy (non-hydrogen) atoms. The Bertz CT molecular complexity index is 503. The van der Waals surface area contributed by atoms with Crippen molar-refractivity contribution in [2.45, 2.75) is 33.2 Å². The molecule has 0 spiro atoms. The van der Waals surface area contributed by atoms with Crippen LogP contribution in [0.4, 0.5) is 0 Å². The summed E-state index contributed by atoms with van der Waals surface area (Å²) in [5.74, 6) is -1.01. The molecule has 0 saturated carbocycles. The first-order valence-electron chi connectivity index (χ1n) is 7.23. The number of carbonyl (C=O) groups excluding carboxylic acids is 1. The van der Waals surface area contributed by atoms with Crippen molar-refractivity contribution in [3.63, 3.8) is 0 Å². The average Bonchev–Trinajstić information content (AvgIpc) is 2.47. The van der Waals surface area contributed by atoms with Crippen molar-refractivity contribution in [1.29, 1.82) is 5.26 Å². The third-order valence-corrected chi connectivity index (χ3v) is 2.97. The zero-order valence-electron chi connectivity index (χ0n) is 12.8. The lowest BCUT2D eigenvalue weighted by atomic mass is 9.97. The summed E-state index contributed by atoms with van der Waals surface area (Å²) in [6.07, 6.45) is 2.28. The predicted octanol–water partition coefficient (Wildman–Crippen LogP) is 3.55. The smallest absolute Gasteiger partial charge is 0.328 e. The van der Waals surface area contributed by atoms with E-state index in [1.807, 2.05) is 36.4 Å². The van der Waals surface area contributed by atoms with Crippen LogP contribution in [0.5, 0.6) is 0 Å². The molecule has 0 radical (unpaired) electrons. The number of ether oxygens (including phenoxy) is 1. The van der Waals surface area contributed by atoms with Crippen LogP contribution in [-0.4, -0.2) is 18.8 Å². The second kappa shape index (κ2) is 8.91. The number of carbonyl (C=O) groups is 1. The van der Waals surface area contributed by atoms with Gasteiger partial charge in [0.25, 0.3) is 0 Å². The Morgan fingerprint density at radius 2 is 2.05 bits per heavy atom. The molecule has 0 aliphatic heterocycles. The van der Waals surface area contributed by atoms with Crippen molar-refractivity contribution in [3.05, 3.63) is 35.9 Å². The van der Waals surface area contributed by atoms with Crippen LogP contribution in [0.15, 0.2) is 35.3 Å². The Kier molecular flexibility index (Phi) is 7.17. The van der Waals surface area contributed by atoms with E-state index in [2.05, 4.69) is 18.8 Å². The van der Waals surface area contributed by atoms with Crippen molar-refractivity contribution in [2.75, 3.05) is 6.61 Å². The Labute approximate surface area is 126 Å². The molecule has 0 aliphatic rings. The number of hydrogen-bond donors (Lipinski definition) is 0. The van der Waals surface area contributed by atoms with Gasteiger partial charge in [0.1, 0.15) is 0 Å². The van der Waals surface area contributed by atoms with Crippen LogP contribution >= 0.6 is 0 Å². The molecule has 0 saturated heterocycles. The van der Waals surface area contributed by atoms with Crippen LogP contribution in [0.3, 0.4) is 0 Å². The molecule has 0 N–H and O–H groups in total. The number of benzene rings is 1. The van der Waals surface area contributed by atoms with Crippen molar-refractivity contribution in [2.24, 2.45) is 16.8 Å². The summed E-state index contributed by atoms with van der Waals surface area (Å²) in [6, 6.07) is 11.8. The molecule has 0 aromatic heterocycles. The average molecular weight is 286 g/mol. The number of aliphatic imine (C=N–C) groups is 1. The molecule has 2 atom stereocenters. The number of nitrogens with zero attached hydrogens (tertiary/aromatic N) is 2. The molecule has 112 valence electrons. The quantitative estimate of drug-likeness (QED) is 0.569. The van der Waals surface area contributed by atoms with E-state index in [-0.39, 0.29) is 12.6 Å². The van der Waals surface area contributed by atoms with Gasteiger partial charge < -0.3 is 4.74 Å². The predicted molar refractivity (Wildman–Crippen MR) is 82.9 cm³/mol. The monoisotopic (exact) mass is 286 g/mol. The van der Waals surface area contributed by atoms with Crippen molar-refractivity contribution >= 4 is 12.2 Å². The maximum absolute atomic E-state index is 11.6. The molecule has 0 unspecified atom stereocenters. The van der Waals surface area contributed by atoms with Gasteiger partial charge in [-0.05, 0) is 24.8 Å². The molecule has 0 bridgehead atoms. The summed E-state index contributed by atoms with van der Waals surface area (Å²) in [4.78, 5) is 16.1. The summed E-state index contributed by atoms with van der Waals surface area (Å²) in [7, 11) is 0. The highest BCUT2D eigenvalue weighted by Crippen LogP contribution is 2.25. The Morgan fingerprint density at radius 3 is 2.57 bits per heavy atom. The second-order valence-corrected chi connectivity index (χ2v) is 5.21. The summed E-state index contributed by atoms with van der Waals surface area (Å²) in [5, 5.41) is 9.05. The van der Waals surface area contributed by atoms with Crippen molar-refractivity contribution in [1.82, 2.24) is 0 Å². The summed E-state index contributed by atoms with van der Waals surface area (Å²) < 4.78 is 4.86. The lowest BCUT2D eigenvalue weighted by molar-refractivity contribution is -0.143. The number of nitriles is 1. The zero-order valence-corrected chi connectivity index (χ0v) is 12.8. The highest BCUT2D eigenvalue weighted by Gasteiger charge is 2.18.